The van der Waals surface area contributed by atoms with Crippen molar-refractivity contribution in [1.29, 1.82) is 0 Å². The van der Waals surface area contributed by atoms with Gasteiger partial charge in [-0.05, 0) is 50.5 Å². The van der Waals surface area contributed by atoms with Crippen LogP contribution < -0.4 is 20.9 Å². The number of carbonyl (C=O) groups is 3. The van der Waals surface area contributed by atoms with E-state index in [1.165, 1.54) is 63.2 Å². The third-order valence-corrected chi connectivity index (χ3v) is 6.56. The monoisotopic (exact) mass is 738 g/mol. The Balaban J connectivity index is 0.00000460. The topological polar surface area (TPSA) is 128 Å². The number of amides is 3. The minimum absolute atomic E-state index is 0.0899. The number of benzene rings is 2. The van der Waals surface area contributed by atoms with Crippen molar-refractivity contribution in [3.63, 3.8) is 0 Å². The molecule has 0 aliphatic carbocycles. The van der Waals surface area contributed by atoms with Crippen LogP contribution in [0.1, 0.15) is 68.2 Å². The van der Waals surface area contributed by atoms with Crippen molar-refractivity contribution in [3.8, 4) is 11.6 Å². The fourth-order valence-electron chi connectivity index (χ4n) is 4.29. The molecule has 0 fully saturated rings. The first kappa shape index (κ1) is 42.8. The first-order valence-corrected chi connectivity index (χ1v) is 15.8. The van der Waals surface area contributed by atoms with E-state index in [4.69, 9.17) is 14.2 Å². The third-order valence-electron chi connectivity index (χ3n) is 6.56. The molecule has 1 unspecified atom stereocenters. The summed E-state index contributed by atoms with van der Waals surface area (Å²) in [5, 5.41) is 2.00. The second-order valence-corrected chi connectivity index (χ2v) is 11.6. The average molecular weight is 739 g/mol. The van der Waals surface area contributed by atoms with Gasteiger partial charge in [0.15, 0.2) is 5.69 Å². The summed E-state index contributed by atoms with van der Waals surface area (Å²) in [6.45, 7) is 14.6. The van der Waals surface area contributed by atoms with E-state index in [-0.39, 0.29) is 17.7 Å². The van der Waals surface area contributed by atoms with Crippen LogP contribution in [0.4, 0.5) is 36.8 Å². The molecule has 3 amide bonds. The molecular weight excluding hydrogens is 698 g/mol. The van der Waals surface area contributed by atoms with Gasteiger partial charge in [-0.25, -0.2) is 9.78 Å². The van der Waals surface area contributed by atoms with Crippen molar-refractivity contribution >= 4 is 23.6 Å². The Morgan fingerprint density at radius 3 is 2.04 bits per heavy atom. The maximum absolute atomic E-state index is 14.5. The summed E-state index contributed by atoms with van der Waals surface area (Å²) in [6.07, 6.45) is -10.5. The number of pyridine rings is 1. The quantitative estimate of drug-likeness (QED) is 0.0963. The molecule has 1 aromatic heterocycles. The highest BCUT2D eigenvalue weighted by Crippen LogP contribution is 2.41. The summed E-state index contributed by atoms with van der Waals surface area (Å²) in [5.74, 6) is -4.67. The number of hydrogen-bond acceptors (Lipinski definition) is 7. The molecule has 282 valence electrons. The first-order chi connectivity index (χ1) is 24.3. The molecule has 1 heterocycles. The van der Waals surface area contributed by atoms with Crippen molar-refractivity contribution in [2.45, 2.75) is 77.6 Å². The number of hydrazine groups is 1. The fourth-order valence-corrected chi connectivity index (χ4v) is 4.29. The smallest absolute Gasteiger partial charge is 0.427 e. The Morgan fingerprint density at radius 2 is 1.48 bits per heavy atom. The molecule has 52 heavy (non-hydrogen) atoms. The number of nitrogens with one attached hydrogen (secondary N) is 3. The molecule has 0 bridgehead atoms. The second kappa shape index (κ2) is 18.2. The van der Waals surface area contributed by atoms with Gasteiger partial charge in [0.2, 0.25) is 11.5 Å². The number of nitrogens with zero attached hydrogens (tertiary/aromatic N) is 1. The van der Waals surface area contributed by atoms with Crippen molar-refractivity contribution < 1.29 is 54.9 Å². The SMILES string of the molecule is C=CCc1ccccc1Oc1nc(C(=O)NNC(=O)C(CC=C)(OCc2ccccc2)C(F)(F)F)c(NC(=O)OC(C)(C)C)cc1C(F)(F)F.CC. The molecule has 0 aliphatic heterocycles. The van der Waals surface area contributed by atoms with E-state index in [1.54, 1.807) is 29.1 Å². The Kier molecular flexibility index (Phi) is 15.0. The summed E-state index contributed by atoms with van der Waals surface area (Å²) < 4.78 is 102. The number of hydrogen-bond donors (Lipinski definition) is 3. The minimum Gasteiger partial charge on any atom is -0.444 e. The number of halogens is 6. The summed E-state index contributed by atoms with van der Waals surface area (Å²) in [7, 11) is 0. The minimum atomic E-state index is -5.35. The number of carbonyl (C=O) groups excluding carboxylic acids is 3. The van der Waals surface area contributed by atoms with Gasteiger partial charge in [-0.1, -0.05) is 74.5 Å². The van der Waals surface area contributed by atoms with Crippen LogP contribution in [0.5, 0.6) is 11.6 Å². The summed E-state index contributed by atoms with van der Waals surface area (Å²) >= 11 is 0. The maximum atomic E-state index is 14.5. The summed E-state index contributed by atoms with van der Waals surface area (Å²) in [6, 6.07) is 13.9. The largest absolute Gasteiger partial charge is 0.444 e. The normalized spacial score (nSPS) is 12.6. The van der Waals surface area contributed by atoms with Crippen LogP contribution in [0.15, 0.2) is 86.0 Å². The molecule has 0 aliphatic rings. The molecule has 1 atom stereocenters. The number of rotatable bonds is 12. The van der Waals surface area contributed by atoms with E-state index in [9.17, 15) is 40.7 Å². The zero-order valence-electron chi connectivity index (χ0n) is 29.1. The lowest BCUT2D eigenvalue weighted by Gasteiger charge is -2.33. The molecule has 2 aromatic carbocycles. The lowest BCUT2D eigenvalue weighted by molar-refractivity contribution is -0.270. The zero-order chi connectivity index (χ0) is 39.3. The predicted octanol–water partition coefficient (Wildman–Crippen LogP) is 8.85. The highest BCUT2D eigenvalue weighted by molar-refractivity contribution is 6.02. The number of allylic oxidation sites excluding steroid dienone is 1. The molecule has 16 heteroatoms. The van der Waals surface area contributed by atoms with Gasteiger partial charge in [-0.2, -0.15) is 26.3 Å². The van der Waals surface area contributed by atoms with Crippen molar-refractivity contribution in [1.82, 2.24) is 15.8 Å². The van der Waals surface area contributed by atoms with E-state index < -0.39 is 77.3 Å². The molecule has 10 nitrogen and oxygen atoms in total. The zero-order valence-corrected chi connectivity index (χ0v) is 29.1. The lowest BCUT2D eigenvalue weighted by atomic mass is 9.97. The number of aromatic nitrogens is 1. The number of anilines is 1. The van der Waals surface area contributed by atoms with E-state index in [1.807, 2.05) is 19.2 Å². The fraction of sp³-hybridized carbons (Fsp3) is 0.333. The van der Waals surface area contributed by atoms with Gasteiger partial charge < -0.3 is 14.2 Å². The van der Waals surface area contributed by atoms with Crippen LogP contribution in [-0.2, 0) is 33.5 Å². The van der Waals surface area contributed by atoms with Crippen molar-refractivity contribution in [2.24, 2.45) is 0 Å². The van der Waals surface area contributed by atoms with Gasteiger partial charge in [0.05, 0.1) is 12.3 Å². The summed E-state index contributed by atoms with van der Waals surface area (Å²) in [5.41, 5.74) is -4.08. The maximum Gasteiger partial charge on any atom is 0.427 e. The lowest BCUT2D eigenvalue weighted by Crippen LogP contribution is -2.61. The number of ether oxygens (including phenoxy) is 3. The van der Waals surface area contributed by atoms with E-state index in [0.29, 0.717) is 11.6 Å². The third kappa shape index (κ3) is 11.6. The average Bonchev–Trinajstić information content (AvgIpc) is 3.06. The number of alkyl halides is 6. The predicted molar refractivity (Wildman–Crippen MR) is 181 cm³/mol. The highest BCUT2D eigenvalue weighted by atomic mass is 19.4. The van der Waals surface area contributed by atoms with Gasteiger partial charge in [0.25, 0.3) is 11.8 Å². The molecule has 3 rings (SSSR count). The van der Waals surface area contributed by atoms with Crippen LogP contribution in [0, 0.1) is 0 Å². The first-order valence-electron chi connectivity index (χ1n) is 15.8. The molecular formula is C36H40F6N4O6. The van der Waals surface area contributed by atoms with Crippen LogP contribution in [0.3, 0.4) is 0 Å². The molecule has 3 aromatic rings. The van der Waals surface area contributed by atoms with Gasteiger partial charge in [0.1, 0.15) is 16.9 Å². The highest BCUT2D eigenvalue weighted by Gasteiger charge is 2.61. The van der Waals surface area contributed by atoms with Gasteiger partial charge >= 0.3 is 18.4 Å². The van der Waals surface area contributed by atoms with Crippen LogP contribution in [0.2, 0.25) is 0 Å². The van der Waals surface area contributed by atoms with Gasteiger partial charge in [-0.15, -0.1) is 13.2 Å². The Bertz CT molecular complexity index is 1710. The summed E-state index contributed by atoms with van der Waals surface area (Å²) in [4.78, 5) is 42.9. The van der Waals surface area contributed by atoms with E-state index >= 15 is 0 Å². The van der Waals surface area contributed by atoms with Gasteiger partial charge in [-0.3, -0.25) is 25.8 Å². The second-order valence-electron chi connectivity index (χ2n) is 11.6. The van der Waals surface area contributed by atoms with E-state index in [2.05, 4.69) is 18.1 Å². The molecule has 0 radical (unpaired) electrons. The van der Waals surface area contributed by atoms with Crippen molar-refractivity contribution in [2.75, 3.05) is 5.32 Å². The Hall–Kier alpha value is -5.38. The van der Waals surface area contributed by atoms with Gasteiger partial charge in [0, 0.05) is 6.42 Å². The van der Waals surface area contributed by atoms with Crippen molar-refractivity contribution in [3.05, 3.63) is 108 Å². The van der Waals surface area contributed by atoms with E-state index in [0.717, 1.165) is 6.08 Å². The molecule has 0 spiro atoms. The van der Waals surface area contributed by atoms with Crippen LogP contribution in [0.25, 0.3) is 0 Å². The van der Waals surface area contributed by atoms with Crippen LogP contribution in [-0.4, -0.2) is 40.3 Å². The molecule has 0 saturated carbocycles. The number of para-hydroxylation sites is 1. The Morgan fingerprint density at radius 1 is 0.865 bits per heavy atom. The standard InChI is InChI=1S/C34H34F6N4O6.C2H6/c1-6-13-22-16-11-12-17-25(22)49-28-23(33(35,36)37)19-24(41-30(47)50-31(3,4)5)26(42-28)27(45)43-44-29(46)32(18-7-2,34(38,39)40)48-20-21-14-9-8-10-15-21;1-2/h6-12,14-17,19H,1-2,13,18,20H2,3-5H3,(H,41,47)(H,43,45)(H,44,46);1-2H3. The Labute approximate surface area is 297 Å². The molecule has 3 N–H and O–H groups in total. The molecule has 0 saturated heterocycles. The van der Waals surface area contributed by atoms with Crippen LogP contribution >= 0.6 is 0 Å².